The fourth-order valence-corrected chi connectivity index (χ4v) is 3.38. The maximum atomic E-state index is 14.0. The minimum absolute atomic E-state index is 0.142. The van der Waals surface area contributed by atoms with Gasteiger partial charge in [-0.2, -0.15) is 0 Å². The molecule has 0 radical (unpaired) electrons. The Bertz CT molecular complexity index is 498. The molecule has 1 aliphatic heterocycles. The predicted molar refractivity (Wildman–Crippen MR) is 89.9 cm³/mol. The van der Waals surface area contributed by atoms with E-state index in [0.29, 0.717) is 19.1 Å². The summed E-state index contributed by atoms with van der Waals surface area (Å²) in [6.07, 6.45) is 0. The molecule has 5 heteroatoms. The van der Waals surface area contributed by atoms with E-state index in [1.165, 1.54) is 0 Å². The molecule has 0 unspecified atom stereocenters. The molecular formula is C18H29FN2O2. The lowest BCUT2D eigenvalue weighted by Crippen LogP contribution is -2.33. The summed E-state index contributed by atoms with van der Waals surface area (Å²) in [7, 11) is 3.79. The number of rotatable bonds is 8. The summed E-state index contributed by atoms with van der Waals surface area (Å²) in [6.45, 7) is 7.04. The van der Waals surface area contributed by atoms with Crippen LogP contribution in [-0.2, 0) is 11.3 Å². The predicted octanol–water partition coefficient (Wildman–Crippen LogP) is 1.75. The third kappa shape index (κ3) is 5.24. The van der Waals surface area contributed by atoms with Crippen LogP contribution >= 0.6 is 0 Å². The Hall–Kier alpha value is -1.01. The first-order chi connectivity index (χ1) is 11.0. The number of methoxy groups -OCH3 is 1. The van der Waals surface area contributed by atoms with Crippen LogP contribution in [0.15, 0.2) is 18.2 Å². The molecule has 1 aliphatic rings. The van der Waals surface area contributed by atoms with E-state index >= 15 is 0 Å². The van der Waals surface area contributed by atoms with Crippen LogP contribution in [0.3, 0.4) is 0 Å². The number of likely N-dealkylation sites (N-methyl/N-ethyl adjacent to an activating group) is 1. The Kier molecular flexibility index (Phi) is 6.96. The molecule has 0 bridgehead atoms. The Balaban J connectivity index is 1.94. The first-order valence-electron chi connectivity index (χ1n) is 8.29. The van der Waals surface area contributed by atoms with E-state index in [9.17, 15) is 9.50 Å². The van der Waals surface area contributed by atoms with Crippen LogP contribution in [0.25, 0.3) is 0 Å². The maximum absolute atomic E-state index is 14.0. The summed E-state index contributed by atoms with van der Waals surface area (Å²) in [6, 6.07) is 5.26. The summed E-state index contributed by atoms with van der Waals surface area (Å²) < 4.78 is 19.1. The highest BCUT2D eigenvalue weighted by Crippen LogP contribution is 2.26. The topological polar surface area (TPSA) is 35.9 Å². The second-order valence-electron chi connectivity index (χ2n) is 6.75. The van der Waals surface area contributed by atoms with E-state index in [4.69, 9.17) is 4.74 Å². The van der Waals surface area contributed by atoms with Gasteiger partial charge in [-0.15, -0.1) is 0 Å². The van der Waals surface area contributed by atoms with Crippen LogP contribution in [-0.4, -0.2) is 68.5 Å². The number of nitrogens with zero attached hydrogens (tertiary/aromatic N) is 2. The number of benzene rings is 1. The highest BCUT2D eigenvalue weighted by Gasteiger charge is 2.33. The summed E-state index contributed by atoms with van der Waals surface area (Å²) in [5, 5.41) is 9.66. The quantitative estimate of drug-likeness (QED) is 0.790. The van der Waals surface area contributed by atoms with E-state index in [-0.39, 0.29) is 18.3 Å². The van der Waals surface area contributed by atoms with Gasteiger partial charge >= 0.3 is 0 Å². The lowest BCUT2D eigenvalue weighted by atomic mass is 9.96. The minimum Gasteiger partial charge on any atom is -0.396 e. The van der Waals surface area contributed by atoms with Crippen molar-refractivity contribution in [2.45, 2.75) is 13.5 Å². The molecule has 2 atom stereocenters. The van der Waals surface area contributed by atoms with E-state index in [1.807, 2.05) is 13.0 Å². The smallest absolute Gasteiger partial charge is 0.127 e. The van der Waals surface area contributed by atoms with Crippen molar-refractivity contribution in [3.05, 3.63) is 35.1 Å². The van der Waals surface area contributed by atoms with Gasteiger partial charge in [0.1, 0.15) is 5.82 Å². The van der Waals surface area contributed by atoms with Crippen molar-refractivity contribution in [3.8, 4) is 0 Å². The summed E-state index contributed by atoms with van der Waals surface area (Å²) in [5.41, 5.74) is 1.82. The lowest BCUT2D eigenvalue weighted by Gasteiger charge is -2.23. The van der Waals surface area contributed by atoms with Crippen LogP contribution in [0.2, 0.25) is 0 Å². The van der Waals surface area contributed by atoms with Gasteiger partial charge in [0.15, 0.2) is 0 Å². The SMILES string of the molecule is COCCN(C)C[C@@H]1CN(Cc2cc(C)ccc2F)C[C@@H]1CO. The molecule has 1 heterocycles. The van der Waals surface area contributed by atoms with Gasteiger partial charge < -0.3 is 14.7 Å². The normalized spacial score (nSPS) is 22.2. The molecule has 0 saturated carbocycles. The van der Waals surface area contributed by atoms with Gasteiger partial charge in [-0.1, -0.05) is 17.7 Å². The molecule has 2 rings (SSSR count). The van der Waals surface area contributed by atoms with Crippen molar-refractivity contribution in [1.29, 1.82) is 0 Å². The number of likely N-dealkylation sites (tertiary alicyclic amines) is 1. The number of hydrogen-bond donors (Lipinski definition) is 1. The second kappa shape index (κ2) is 8.73. The van der Waals surface area contributed by atoms with Crippen LogP contribution in [0.1, 0.15) is 11.1 Å². The first kappa shape index (κ1) is 18.3. The molecule has 130 valence electrons. The molecule has 1 aromatic rings. The zero-order chi connectivity index (χ0) is 16.8. The van der Waals surface area contributed by atoms with Crippen molar-refractivity contribution >= 4 is 0 Å². The number of hydrogen-bond acceptors (Lipinski definition) is 4. The van der Waals surface area contributed by atoms with Gasteiger partial charge in [-0.05, 0) is 31.9 Å². The van der Waals surface area contributed by atoms with Gasteiger partial charge in [-0.3, -0.25) is 4.90 Å². The van der Waals surface area contributed by atoms with Crippen molar-refractivity contribution < 1.29 is 14.2 Å². The highest BCUT2D eigenvalue weighted by molar-refractivity contribution is 5.24. The highest BCUT2D eigenvalue weighted by atomic mass is 19.1. The Morgan fingerprint density at radius 3 is 2.78 bits per heavy atom. The van der Waals surface area contributed by atoms with Crippen LogP contribution in [0, 0.1) is 24.6 Å². The van der Waals surface area contributed by atoms with Crippen LogP contribution < -0.4 is 0 Å². The molecule has 0 aromatic heterocycles. The monoisotopic (exact) mass is 324 g/mol. The third-order valence-electron chi connectivity index (χ3n) is 4.71. The molecule has 1 N–H and O–H groups in total. The number of halogens is 1. The molecule has 0 spiro atoms. The summed E-state index contributed by atoms with van der Waals surface area (Å²) in [5.74, 6) is 0.527. The van der Waals surface area contributed by atoms with Crippen molar-refractivity contribution in [2.75, 3.05) is 53.6 Å². The molecular weight excluding hydrogens is 295 g/mol. The lowest BCUT2D eigenvalue weighted by molar-refractivity contribution is 0.136. The van der Waals surface area contributed by atoms with Gasteiger partial charge in [0.2, 0.25) is 0 Å². The molecule has 1 saturated heterocycles. The average molecular weight is 324 g/mol. The van der Waals surface area contributed by atoms with Gasteiger partial charge in [-0.25, -0.2) is 4.39 Å². The van der Waals surface area contributed by atoms with Gasteiger partial charge in [0, 0.05) is 52.0 Å². The van der Waals surface area contributed by atoms with E-state index < -0.39 is 0 Å². The number of aliphatic hydroxyl groups is 1. The second-order valence-corrected chi connectivity index (χ2v) is 6.75. The minimum atomic E-state index is -0.142. The van der Waals surface area contributed by atoms with E-state index in [0.717, 1.165) is 37.3 Å². The largest absolute Gasteiger partial charge is 0.396 e. The Labute approximate surface area is 138 Å². The van der Waals surface area contributed by atoms with Crippen molar-refractivity contribution in [3.63, 3.8) is 0 Å². The first-order valence-corrected chi connectivity index (χ1v) is 8.29. The molecule has 1 fully saturated rings. The Morgan fingerprint density at radius 1 is 1.35 bits per heavy atom. The third-order valence-corrected chi connectivity index (χ3v) is 4.71. The number of aryl methyl sites for hydroxylation is 1. The fourth-order valence-electron chi connectivity index (χ4n) is 3.38. The maximum Gasteiger partial charge on any atom is 0.127 e. The number of aliphatic hydroxyl groups excluding tert-OH is 1. The zero-order valence-electron chi connectivity index (χ0n) is 14.5. The zero-order valence-corrected chi connectivity index (χ0v) is 14.5. The summed E-state index contributed by atoms with van der Waals surface area (Å²) in [4.78, 5) is 4.50. The van der Waals surface area contributed by atoms with Crippen LogP contribution in [0.5, 0.6) is 0 Å². The van der Waals surface area contributed by atoms with Gasteiger partial charge in [0.05, 0.1) is 6.61 Å². The molecule has 4 nitrogen and oxygen atoms in total. The average Bonchev–Trinajstić information content (AvgIpc) is 2.90. The van der Waals surface area contributed by atoms with E-state index in [2.05, 4.69) is 16.8 Å². The van der Waals surface area contributed by atoms with Crippen molar-refractivity contribution in [1.82, 2.24) is 9.80 Å². The molecule has 0 amide bonds. The molecule has 23 heavy (non-hydrogen) atoms. The van der Waals surface area contributed by atoms with Crippen molar-refractivity contribution in [2.24, 2.45) is 11.8 Å². The van der Waals surface area contributed by atoms with Crippen LogP contribution in [0.4, 0.5) is 4.39 Å². The Morgan fingerprint density at radius 2 is 2.09 bits per heavy atom. The molecule has 1 aromatic carbocycles. The standard InChI is InChI=1S/C18H29FN2O2/c1-14-4-5-18(19)15(8-14)10-21-11-16(17(12-21)13-22)9-20(2)6-7-23-3/h4-5,8,16-17,22H,6-7,9-13H2,1-3H3/t16-,17-/m1/s1. The fraction of sp³-hybridized carbons (Fsp3) is 0.667. The number of ether oxygens (including phenoxy) is 1. The summed E-state index contributed by atoms with van der Waals surface area (Å²) >= 11 is 0. The van der Waals surface area contributed by atoms with E-state index in [1.54, 1.807) is 19.2 Å². The molecule has 0 aliphatic carbocycles. The van der Waals surface area contributed by atoms with Gasteiger partial charge in [0.25, 0.3) is 0 Å².